The SMILES string of the molecule is COc1cc2nccc(Oc3ccc(N)c(C)c3C)c2cc1OC.COc1cc2nccc(Oc3ccc(NC(=O)Nc4nnc(C)s4)c(C)c3C)c2cc1OC. The van der Waals surface area contributed by atoms with Crippen molar-refractivity contribution < 1.29 is 33.2 Å². The monoisotopic (exact) mass is 789 g/mol. The van der Waals surface area contributed by atoms with Gasteiger partial charge < -0.3 is 39.5 Å². The lowest BCUT2D eigenvalue weighted by atomic mass is 10.1. The van der Waals surface area contributed by atoms with Crippen molar-refractivity contribution in [3.63, 3.8) is 0 Å². The van der Waals surface area contributed by atoms with E-state index in [0.717, 1.165) is 60.5 Å². The predicted octanol–water partition coefficient (Wildman–Crippen LogP) is 9.71. The van der Waals surface area contributed by atoms with Gasteiger partial charge in [-0.3, -0.25) is 15.3 Å². The quantitative estimate of drug-likeness (QED) is 0.112. The Kier molecular flexibility index (Phi) is 12.1. The molecule has 0 bridgehead atoms. The van der Waals surface area contributed by atoms with Crippen LogP contribution in [0.15, 0.2) is 73.1 Å². The first kappa shape index (κ1) is 39.8. The van der Waals surface area contributed by atoms with E-state index in [1.807, 2.05) is 83.1 Å². The summed E-state index contributed by atoms with van der Waals surface area (Å²) in [5.74, 6) is 5.22. The number of hydrogen-bond acceptors (Lipinski definition) is 13. The highest BCUT2D eigenvalue weighted by molar-refractivity contribution is 7.15. The molecule has 0 unspecified atom stereocenters. The third-order valence-electron chi connectivity index (χ3n) is 9.37. The fourth-order valence-electron chi connectivity index (χ4n) is 5.88. The van der Waals surface area contributed by atoms with E-state index in [4.69, 9.17) is 34.2 Å². The molecule has 0 radical (unpaired) electrons. The van der Waals surface area contributed by atoms with Crippen LogP contribution in [0.5, 0.6) is 46.0 Å². The maximum atomic E-state index is 12.3. The van der Waals surface area contributed by atoms with Gasteiger partial charge in [-0.15, -0.1) is 10.2 Å². The van der Waals surface area contributed by atoms with E-state index in [9.17, 15) is 4.79 Å². The summed E-state index contributed by atoms with van der Waals surface area (Å²) in [6, 6.07) is 18.0. The number of aryl methyl sites for hydroxylation is 1. The molecule has 294 valence electrons. The highest BCUT2D eigenvalue weighted by atomic mass is 32.1. The third kappa shape index (κ3) is 8.68. The predicted molar refractivity (Wildman–Crippen MR) is 223 cm³/mol. The van der Waals surface area contributed by atoms with E-state index in [-0.39, 0.29) is 6.03 Å². The van der Waals surface area contributed by atoms with Gasteiger partial charge in [0, 0.05) is 46.7 Å². The fourth-order valence-corrected chi connectivity index (χ4v) is 6.46. The molecule has 0 saturated heterocycles. The highest BCUT2D eigenvalue weighted by Gasteiger charge is 2.16. The molecule has 4 aromatic carbocycles. The zero-order chi connectivity index (χ0) is 40.8. The Labute approximate surface area is 333 Å². The molecule has 0 aliphatic rings. The molecule has 2 amide bonds. The maximum absolute atomic E-state index is 12.3. The highest BCUT2D eigenvalue weighted by Crippen LogP contribution is 2.40. The summed E-state index contributed by atoms with van der Waals surface area (Å²) in [5, 5.41) is 16.2. The van der Waals surface area contributed by atoms with E-state index < -0.39 is 0 Å². The molecule has 0 saturated carbocycles. The van der Waals surface area contributed by atoms with Crippen LogP contribution in [0.4, 0.5) is 21.3 Å². The summed E-state index contributed by atoms with van der Waals surface area (Å²) in [6.45, 7) is 9.66. The second kappa shape index (κ2) is 17.3. The van der Waals surface area contributed by atoms with E-state index in [2.05, 4.69) is 30.8 Å². The van der Waals surface area contributed by atoms with Crippen molar-refractivity contribution in [3.8, 4) is 46.0 Å². The van der Waals surface area contributed by atoms with Gasteiger partial charge in [0.25, 0.3) is 0 Å². The lowest BCUT2D eigenvalue weighted by Gasteiger charge is -2.16. The Hall–Kier alpha value is -6.87. The number of methoxy groups -OCH3 is 4. The number of carbonyl (C=O) groups excluding carboxylic acids is 1. The number of pyridine rings is 2. The van der Waals surface area contributed by atoms with Gasteiger partial charge >= 0.3 is 6.03 Å². The van der Waals surface area contributed by atoms with Crippen molar-refractivity contribution in [1.29, 1.82) is 0 Å². The number of nitrogens with two attached hydrogens (primary N) is 1. The molecule has 7 aromatic rings. The third-order valence-corrected chi connectivity index (χ3v) is 10.1. The topological polar surface area (TPSA) is 174 Å². The van der Waals surface area contributed by atoms with Crippen LogP contribution in [0.25, 0.3) is 21.8 Å². The minimum absolute atomic E-state index is 0.386. The first-order valence-corrected chi connectivity index (χ1v) is 18.5. The van der Waals surface area contributed by atoms with Crippen LogP contribution >= 0.6 is 11.3 Å². The fraction of sp³-hybridized carbons (Fsp3) is 0.214. The molecule has 57 heavy (non-hydrogen) atoms. The zero-order valence-corrected chi connectivity index (χ0v) is 33.9. The van der Waals surface area contributed by atoms with Crippen molar-refractivity contribution in [1.82, 2.24) is 20.2 Å². The number of urea groups is 1. The van der Waals surface area contributed by atoms with E-state index in [1.54, 1.807) is 53.0 Å². The first-order valence-electron chi connectivity index (χ1n) is 17.7. The smallest absolute Gasteiger partial charge is 0.325 e. The molecular formula is C42H43N7O7S. The van der Waals surface area contributed by atoms with Crippen LogP contribution in [-0.4, -0.2) is 54.6 Å². The Morgan fingerprint density at radius 1 is 0.561 bits per heavy atom. The van der Waals surface area contributed by atoms with Gasteiger partial charge in [-0.05, 0) is 105 Å². The number of nitrogens with one attached hydrogen (secondary N) is 2. The van der Waals surface area contributed by atoms with E-state index in [1.165, 1.54) is 11.3 Å². The molecule has 7 rings (SSSR count). The van der Waals surface area contributed by atoms with Crippen LogP contribution in [0.2, 0.25) is 0 Å². The van der Waals surface area contributed by atoms with Crippen LogP contribution in [0.3, 0.4) is 0 Å². The number of fused-ring (bicyclic) bond motifs is 2. The summed E-state index contributed by atoms with van der Waals surface area (Å²) in [4.78, 5) is 21.1. The van der Waals surface area contributed by atoms with Gasteiger partial charge in [-0.25, -0.2) is 4.79 Å². The molecule has 0 spiro atoms. The number of anilines is 3. The van der Waals surface area contributed by atoms with Gasteiger partial charge in [0.15, 0.2) is 23.0 Å². The molecule has 3 aromatic heterocycles. The standard InChI is InChI=1S/C23H23N5O4S.C19H20N2O3/c1-12-13(2)18(7-6-16(12)25-22(29)26-23-28-27-14(3)33-23)32-19-8-9-24-17-11-21(31-5)20(30-4)10-15(17)19;1-11-12(2)16(6-5-14(11)20)24-17-7-8-21-15-10-19(23-4)18(22-3)9-13(15)17/h6-11H,1-5H3,(H2,25,26,28,29);5-10H,20H2,1-4H3. The van der Waals surface area contributed by atoms with Crippen LogP contribution < -0.4 is 44.8 Å². The van der Waals surface area contributed by atoms with Crippen molar-refractivity contribution in [2.75, 3.05) is 44.8 Å². The maximum Gasteiger partial charge on any atom is 0.325 e. The van der Waals surface area contributed by atoms with Crippen LogP contribution in [-0.2, 0) is 0 Å². The minimum Gasteiger partial charge on any atom is -0.493 e. The number of amides is 2. The Morgan fingerprint density at radius 3 is 1.54 bits per heavy atom. The van der Waals surface area contributed by atoms with Crippen LogP contribution in [0.1, 0.15) is 27.3 Å². The average molecular weight is 790 g/mol. The molecule has 0 aliphatic carbocycles. The van der Waals surface area contributed by atoms with Crippen molar-refractivity contribution in [2.45, 2.75) is 34.6 Å². The number of rotatable bonds is 10. The average Bonchev–Trinajstić information content (AvgIpc) is 3.63. The van der Waals surface area contributed by atoms with Crippen LogP contribution in [0, 0.1) is 34.6 Å². The lowest BCUT2D eigenvalue weighted by molar-refractivity contribution is 0.262. The second-order valence-electron chi connectivity index (χ2n) is 12.7. The minimum atomic E-state index is -0.386. The number of aromatic nitrogens is 4. The van der Waals surface area contributed by atoms with Gasteiger partial charge in [0.05, 0.1) is 39.5 Å². The van der Waals surface area contributed by atoms with Crippen molar-refractivity contribution in [2.24, 2.45) is 0 Å². The lowest BCUT2D eigenvalue weighted by Crippen LogP contribution is -2.20. The number of nitrogens with zero attached hydrogens (tertiary/aromatic N) is 4. The summed E-state index contributed by atoms with van der Waals surface area (Å²) >= 11 is 1.31. The Balaban J connectivity index is 0.000000203. The number of ether oxygens (including phenoxy) is 6. The van der Waals surface area contributed by atoms with E-state index in [0.29, 0.717) is 51.1 Å². The molecule has 0 fully saturated rings. The van der Waals surface area contributed by atoms with Gasteiger partial charge in [-0.2, -0.15) is 0 Å². The molecular weight excluding hydrogens is 747 g/mol. The molecule has 0 aliphatic heterocycles. The number of carbonyl (C=O) groups is 1. The molecule has 3 heterocycles. The van der Waals surface area contributed by atoms with Crippen molar-refractivity contribution in [3.05, 3.63) is 100 Å². The van der Waals surface area contributed by atoms with Gasteiger partial charge in [0.2, 0.25) is 5.13 Å². The summed E-state index contributed by atoms with van der Waals surface area (Å²) in [7, 11) is 6.38. The zero-order valence-electron chi connectivity index (χ0n) is 33.1. The summed E-state index contributed by atoms with van der Waals surface area (Å²) < 4.78 is 33.9. The summed E-state index contributed by atoms with van der Waals surface area (Å²) in [5.41, 5.74) is 12.7. The number of benzene rings is 4. The molecule has 15 heteroatoms. The number of nitrogen functional groups attached to an aromatic ring is 1. The van der Waals surface area contributed by atoms with Gasteiger partial charge in [-0.1, -0.05) is 11.3 Å². The van der Waals surface area contributed by atoms with Crippen molar-refractivity contribution >= 4 is 55.7 Å². The first-order chi connectivity index (χ1) is 27.4. The normalized spacial score (nSPS) is 10.7. The molecule has 14 nitrogen and oxygen atoms in total. The Bertz CT molecular complexity index is 2600. The summed E-state index contributed by atoms with van der Waals surface area (Å²) in [6.07, 6.45) is 3.39. The Morgan fingerprint density at radius 2 is 1.05 bits per heavy atom. The largest absolute Gasteiger partial charge is 0.493 e. The molecule has 4 N–H and O–H groups in total. The number of hydrogen-bond donors (Lipinski definition) is 3. The molecule has 0 atom stereocenters. The second-order valence-corrected chi connectivity index (χ2v) is 13.9. The van der Waals surface area contributed by atoms with Gasteiger partial charge in [0.1, 0.15) is 28.0 Å². The van der Waals surface area contributed by atoms with E-state index >= 15 is 0 Å².